The molecule has 2 fully saturated rings. The molecular weight excluding hydrogens is 304 g/mol. The Hall–Kier alpha value is -2.13. The summed E-state index contributed by atoms with van der Waals surface area (Å²) in [6, 6.07) is 5.85. The van der Waals surface area contributed by atoms with E-state index >= 15 is 0 Å². The van der Waals surface area contributed by atoms with Gasteiger partial charge in [-0.3, -0.25) is 4.79 Å². The van der Waals surface area contributed by atoms with Gasteiger partial charge in [0.1, 0.15) is 11.9 Å². The highest BCUT2D eigenvalue weighted by Crippen LogP contribution is 2.39. The van der Waals surface area contributed by atoms with E-state index in [1.807, 2.05) is 17.0 Å². The Kier molecular flexibility index (Phi) is 5.00. The number of piperidine rings is 2. The third-order valence-electron chi connectivity index (χ3n) is 5.18. The standard InChI is InChI=1S/C18H24N4O2/c1-24-10-9-22-14-18(7-5-17(22)23)6-2-8-21(13-18)16-4-3-15(11-19)12-20-16/h3-4,12H,2,5-10,13-14H2,1H3. The van der Waals surface area contributed by atoms with Gasteiger partial charge in [-0.25, -0.2) is 4.98 Å². The number of likely N-dealkylation sites (tertiary alicyclic amines) is 1. The third-order valence-corrected chi connectivity index (χ3v) is 5.18. The molecule has 0 bridgehead atoms. The van der Waals surface area contributed by atoms with E-state index in [2.05, 4.69) is 16.0 Å². The molecular formula is C18H24N4O2. The highest BCUT2D eigenvalue weighted by Gasteiger charge is 2.41. The van der Waals surface area contributed by atoms with Crippen LogP contribution >= 0.6 is 0 Å². The van der Waals surface area contributed by atoms with Crippen LogP contribution in [0.5, 0.6) is 0 Å². The second kappa shape index (κ2) is 7.18. The van der Waals surface area contributed by atoms with E-state index in [1.165, 1.54) is 0 Å². The van der Waals surface area contributed by atoms with Gasteiger partial charge in [0.25, 0.3) is 0 Å². The van der Waals surface area contributed by atoms with E-state index in [-0.39, 0.29) is 11.3 Å². The number of amides is 1. The molecule has 2 aliphatic heterocycles. The number of carbonyl (C=O) groups is 1. The lowest BCUT2D eigenvalue weighted by Gasteiger charge is -2.48. The highest BCUT2D eigenvalue weighted by atomic mass is 16.5. The van der Waals surface area contributed by atoms with Crippen molar-refractivity contribution >= 4 is 11.7 Å². The molecule has 2 aliphatic rings. The van der Waals surface area contributed by atoms with Crippen molar-refractivity contribution in [1.82, 2.24) is 9.88 Å². The van der Waals surface area contributed by atoms with Crippen LogP contribution in [0.4, 0.5) is 5.82 Å². The first-order valence-corrected chi connectivity index (χ1v) is 8.54. The molecule has 0 aliphatic carbocycles. The molecule has 0 saturated carbocycles. The summed E-state index contributed by atoms with van der Waals surface area (Å²) >= 11 is 0. The molecule has 1 aromatic heterocycles. The Labute approximate surface area is 143 Å². The predicted octanol–water partition coefficient (Wildman–Crippen LogP) is 1.81. The quantitative estimate of drug-likeness (QED) is 0.843. The van der Waals surface area contributed by atoms with E-state index in [1.54, 1.807) is 13.3 Å². The fraction of sp³-hybridized carbons (Fsp3) is 0.611. The van der Waals surface area contributed by atoms with Crippen molar-refractivity contribution in [1.29, 1.82) is 5.26 Å². The van der Waals surface area contributed by atoms with Crippen LogP contribution in [-0.4, -0.2) is 55.7 Å². The maximum absolute atomic E-state index is 12.2. The average molecular weight is 328 g/mol. The van der Waals surface area contributed by atoms with Crippen LogP contribution in [0.2, 0.25) is 0 Å². The Balaban J connectivity index is 1.71. The first kappa shape index (κ1) is 16.7. The Morgan fingerprint density at radius 1 is 1.38 bits per heavy atom. The zero-order valence-electron chi connectivity index (χ0n) is 14.2. The van der Waals surface area contributed by atoms with Crippen LogP contribution in [0.3, 0.4) is 0 Å². The van der Waals surface area contributed by atoms with E-state index < -0.39 is 0 Å². The van der Waals surface area contributed by atoms with Crippen LogP contribution in [0.25, 0.3) is 0 Å². The van der Waals surface area contributed by atoms with Gasteiger partial charge in [0.05, 0.1) is 12.2 Å². The van der Waals surface area contributed by atoms with Gasteiger partial charge in [-0.05, 0) is 31.4 Å². The first-order valence-electron chi connectivity index (χ1n) is 8.54. The zero-order valence-corrected chi connectivity index (χ0v) is 14.2. The number of pyridine rings is 1. The highest BCUT2D eigenvalue weighted by molar-refractivity contribution is 5.77. The molecule has 24 heavy (non-hydrogen) atoms. The lowest BCUT2D eigenvalue weighted by molar-refractivity contribution is -0.138. The molecule has 1 aromatic rings. The van der Waals surface area contributed by atoms with Gasteiger partial charge in [0, 0.05) is 51.3 Å². The number of rotatable bonds is 4. The number of anilines is 1. The molecule has 1 spiro atoms. The summed E-state index contributed by atoms with van der Waals surface area (Å²) in [5.74, 6) is 1.17. The Bertz CT molecular complexity index is 625. The number of ether oxygens (including phenoxy) is 1. The van der Waals surface area contributed by atoms with Crippen molar-refractivity contribution < 1.29 is 9.53 Å². The average Bonchev–Trinajstić information content (AvgIpc) is 2.63. The van der Waals surface area contributed by atoms with E-state index in [4.69, 9.17) is 10.00 Å². The van der Waals surface area contributed by atoms with Gasteiger partial charge in [-0.2, -0.15) is 5.26 Å². The molecule has 2 saturated heterocycles. The minimum absolute atomic E-state index is 0.148. The fourth-order valence-electron chi connectivity index (χ4n) is 3.88. The molecule has 128 valence electrons. The van der Waals surface area contributed by atoms with Crippen LogP contribution < -0.4 is 4.90 Å². The van der Waals surface area contributed by atoms with Crippen LogP contribution in [0.1, 0.15) is 31.2 Å². The normalized spacial score (nSPS) is 24.2. The Morgan fingerprint density at radius 3 is 2.96 bits per heavy atom. The molecule has 0 N–H and O–H groups in total. The van der Waals surface area contributed by atoms with Gasteiger partial charge in [-0.1, -0.05) is 0 Å². The lowest BCUT2D eigenvalue weighted by atomic mass is 9.73. The third kappa shape index (κ3) is 3.51. The molecule has 1 amide bonds. The largest absolute Gasteiger partial charge is 0.383 e. The number of hydrogen-bond acceptors (Lipinski definition) is 5. The smallest absolute Gasteiger partial charge is 0.222 e. The second-order valence-electron chi connectivity index (χ2n) is 6.85. The summed E-state index contributed by atoms with van der Waals surface area (Å²) in [6.45, 7) is 3.96. The molecule has 3 rings (SSSR count). The number of methoxy groups -OCH3 is 1. The van der Waals surface area contributed by atoms with Crippen LogP contribution in [-0.2, 0) is 9.53 Å². The van der Waals surface area contributed by atoms with Crippen molar-refractivity contribution in [2.45, 2.75) is 25.7 Å². The van der Waals surface area contributed by atoms with E-state index in [0.717, 1.165) is 44.7 Å². The number of carbonyl (C=O) groups excluding carboxylic acids is 1. The summed E-state index contributed by atoms with van der Waals surface area (Å²) in [6.07, 6.45) is 5.46. The van der Waals surface area contributed by atoms with Crippen molar-refractivity contribution in [2.24, 2.45) is 5.41 Å². The maximum Gasteiger partial charge on any atom is 0.222 e. The topological polar surface area (TPSA) is 69.5 Å². The number of hydrogen-bond donors (Lipinski definition) is 0. The molecule has 0 aromatic carbocycles. The summed E-state index contributed by atoms with van der Waals surface area (Å²) in [5, 5.41) is 8.91. The number of aromatic nitrogens is 1. The summed E-state index contributed by atoms with van der Waals surface area (Å²) in [4.78, 5) is 20.9. The fourth-order valence-corrected chi connectivity index (χ4v) is 3.88. The number of nitriles is 1. The van der Waals surface area contributed by atoms with Crippen molar-refractivity contribution in [3.05, 3.63) is 23.9 Å². The van der Waals surface area contributed by atoms with Gasteiger partial charge >= 0.3 is 0 Å². The van der Waals surface area contributed by atoms with E-state index in [0.29, 0.717) is 25.1 Å². The summed E-state index contributed by atoms with van der Waals surface area (Å²) in [5.41, 5.74) is 0.731. The van der Waals surface area contributed by atoms with Crippen molar-refractivity contribution in [3.8, 4) is 6.07 Å². The van der Waals surface area contributed by atoms with E-state index in [9.17, 15) is 4.79 Å². The molecule has 6 nitrogen and oxygen atoms in total. The van der Waals surface area contributed by atoms with Gasteiger partial charge in [0.2, 0.25) is 5.91 Å². The lowest BCUT2D eigenvalue weighted by Crippen LogP contribution is -2.54. The molecule has 0 radical (unpaired) electrons. The minimum Gasteiger partial charge on any atom is -0.383 e. The summed E-state index contributed by atoms with van der Waals surface area (Å²) < 4.78 is 5.14. The van der Waals surface area contributed by atoms with Gasteiger partial charge in [-0.15, -0.1) is 0 Å². The predicted molar refractivity (Wildman–Crippen MR) is 90.5 cm³/mol. The minimum atomic E-state index is 0.148. The van der Waals surface area contributed by atoms with Gasteiger partial charge in [0.15, 0.2) is 0 Å². The zero-order chi connectivity index (χ0) is 17.0. The van der Waals surface area contributed by atoms with Crippen LogP contribution in [0, 0.1) is 16.7 Å². The molecule has 1 unspecified atom stereocenters. The first-order chi connectivity index (χ1) is 11.7. The molecule has 6 heteroatoms. The Morgan fingerprint density at radius 2 is 2.25 bits per heavy atom. The molecule has 1 atom stereocenters. The second-order valence-corrected chi connectivity index (χ2v) is 6.85. The monoisotopic (exact) mass is 328 g/mol. The number of nitrogens with zero attached hydrogens (tertiary/aromatic N) is 4. The van der Waals surface area contributed by atoms with Crippen molar-refractivity contribution in [2.75, 3.05) is 44.8 Å². The SMILES string of the molecule is COCCN1CC2(CCCN(c3ccc(C#N)cn3)C2)CCC1=O. The molecule has 3 heterocycles. The maximum atomic E-state index is 12.2. The van der Waals surface area contributed by atoms with Gasteiger partial charge < -0.3 is 14.5 Å². The van der Waals surface area contributed by atoms with Crippen molar-refractivity contribution in [3.63, 3.8) is 0 Å². The summed E-state index contributed by atoms with van der Waals surface area (Å²) in [7, 11) is 1.67. The van der Waals surface area contributed by atoms with Crippen LogP contribution in [0.15, 0.2) is 18.3 Å².